The quantitative estimate of drug-likeness (QED) is 0.798. The predicted octanol–water partition coefficient (Wildman–Crippen LogP) is 3.97. The summed E-state index contributed by atoms with van der Waals surface area (Å²) < 4.78 is 5.57. The highest BCUT2D eigenvalue weighted by atomic mass is 16.5. The number of anilines is 3. The van der Waals surface area contributed by atoms with Crippen LogP contribution in [-0.2, 0) is 4.79 Å². The van der Waals surface area contributed by atoms with E-state index in [1.807, 2.05) is 49.4 Å². The van der Waals surface area contributed by atoms with Crippen LogP contribution in [0.3, 0.4) is 0 Å². The maximum atomic E-state index is 12.4. The lowest BCUT2D eigenvalue weighted by Gasteiger charge is -2.36. The number of nitrogen functional groups attached to an aromatic ring is 1. The van der Waals surface area contributed by atoms with E-state index in [-0.39, 0.29) is 12.5 Å². The Bertz CT molecular complexity index is 758. The van der Waals surface area contributed by atoms with Gasteiger partial charge in [0.15, 0.2) is 6.61 Å². The maximum Gasteiger partial charge on any atom is 0.262 e. The zero-order valence-corrected chi connectivity index (χ0v) is 15.5. The molecule has 0 aliphatic carbocycles. The Kier molecular flexibility index (Phi) is 5.66. The number of benzene rings is 2. The second kappa shape index (κ2) is 8.13. The molecule has 0 spiro atoms. The van der Waals surface area contributed by atoms with Gasteiger partial charge in [-0.05, 0) is 63.4 Å². The summed E-state index contributed by atoms with van der Waals surface area (Å²) in [6.45, 7) is 5.20. The average molecular weight is 353 g/mol. The van der Waals surface area contributed by atoms with E-state index in [0.717, 1.165) is 29.9 Å². The van der Waals surface area contributed by atoms with Crippen LogP contribution < -0.4 is 20.7 Å². The monoisotopic (exact) mass is 353 g/mol. The average Bonchev–Trinajstić information content (AvgIpc) is 2.62. The van der Waals surface area contributed by atoms with Crippen LogP contribution >= 0.6 is 0 Å². The standard InChI is InChI=1S/C21H27N3O2/c1-15-6-9-18(10-7-15)26-14-21(25)23-19-13-17(22)8-11-20(19)24-12-4-3-5-16(24)2/h6-11,13,16H,3-5,12,14,22H2,1-2H3,(H,23,25). The molecule has 5 nitrogen and oxygen atoms in total. The summed E-state index contributed by atoms with van der Waals surface area (Å²) in [7, 11) is 0. The molecule has 1 aliphatic rings. The smallest absolute Gasteiger partial charge is 0.262 e. The molecule has 3 N–H and O–H groups in total. The third kappa shape index (κ3) is 4.48. The van der Waals surface area contributed by atoms with Gasteiger partial charge in [0, 0.05) is 18.3 Å². The molecule has 2 aromatic rings. The summed E-state index contributed by atoms with van der Waals surface area (Å²) in [5, 5.41) is 2.97. The molecular formula is C21H27N3O2. The van der Waals surface area contributed by atoms with Crippen LogP contribution in [-0.4, -0.2) is 25.1 Å². The van der Waals surface area contributed by atoms with E-state index in [4.69, 9.17) is 10.5 Å². The molecule has 3 rings (SSSR count). The normalized spacial score (nSPS) is 17.0. The summed E-state index contributed by atoms with van der Waals surface area (Å²) in [5.74, 6) is 0.491. The lowest BCUT2D eigenvalue weighted by atomic mass is 10.0. The Morgan fingerprint density at radius 1 is 1.23 bits per heavy atom. The fourth-order valence-corrected chi connectivity index (χ4v) is 3.33. The first kappa shape index (κ1) is 18.1. The SMILES string of the molecule is Cc1ccc(OCC(=O)Nc2cc(N)ccc2N2CCCCC2C)cc1. The lowest BCUT2D eigenvalue weighted by Crippen LogP contribution is -2.38. The molecule has 1 atom stereocenters. The number of hydrogen-bond acceptors (Lipinski definition) is 4. The third-order valence-corrected chi connectivity index (χ3v) is 4.80. The van der Waals surface area contributed by atoms with E-state index >= 15 is 0 Å². The molecule has 1 amide bonds. The molecule has 5 heteroatoms. The Labute approximate surface area is 155 Å². The molecule has 1 aliphatic heterocycles. The van der Waals surface area contributed by atoms with Gasteiger partial charge >= 0.3 is 0 Å². The van der Waals surface area contributed by atoms with Gasteiger partial charge in [-0.25, -0.2) is 0 Å². The van der Waals surface area contributed by atoms with Crippen molar-refractivity contribution in [3.05, 3.63) is 48.0 Å². The number of piperidine rings is 1. The number of rotatable bonds is 5. The second-order valence-corrected chi connectivity index (χ2v) is 6.96. The van der Waals surface area contributed by atoms with Crippen molar-refractivity contribution >= 4 is 23.0 Å². The van der Waals surface area contributed by atoms with E-state index < -0.39 is 0 Å². The number of ether oxygens (including phenoxy) is 1. The molecule has 1 saturated heterocycles. The highest BCUT2D eigenvalue weighted by Gasteiger charge is 2.21. The fourth-order valence-electron chi connectivity index (χ4n) is 3.33. The van der Waals surface area contributed by atoms with Gasteiger partial charge in [-0.2, -0.15) is 0 Å². The zero-order chi connectivity index (χ0) is 18.5. The minimum atomic E-state index is -0.193. The van der Waals surface area contributed by atoms with Gasteiger partial charge in [0.2, 0.25) is 0 Å². The van der Waals surface area contributed by atoms with Gasteiger partial charge in [-0.1, -0.05) is 17.7 Å². The van der Waals surface area contributed by atoms with Gasteiger partial charge in [-0.15, -0.1) is 0 Å². The molecule has 0 radical (unpaired) electrons. The highest BCUT2D eigenvalue weighted by molar-refractivity contribution is 5.96. The topological polar surface area (TPSA) is 67.6 Å². The molecule has 26 heavy (non-hydrogen) atoms. The van der Waals surface area contributed by atoms with Crippen molar-refractivity contribution in [2.75, 3.05) is 29.1 Å². The number of hydrogen-bond donors (Lipinski definition) is 2. The molecule has 0 saturated carbocycles. The molecule has 1 heterocycles. The lowest BCUT2D eigenvalue weighted by molar-refractivity contribution is -0.118. The first-order valence-electron chi connectivity index (χ1n) is 9.18. The summed E-state index contributed by atoms with van der Waals surface area (Å²) >= 11 is 0. The third-order valence-electron chi connectivity index (χ3n) is 4.80. The maximum absolute atomic E-state index is 12.4. The summed E-state index contributed by atoms with van der Waals surface area (Å²) in [6.07, 6.45) is 3.58. The van der Waals surface area contributed by atoms with Crippen LogP contribution in [0.1, 0.15) is 31.7 Å². The van der Waals surface area contributed by atoms with Crippen LogP contribution in [0, 0.1) is 6.92 Å². The number of nitrogens with one attached hydrogen (secondary N) is 1. The first-order chi connectivity index (χ1) is 12.5. The number of carbonyl (C=O) groups is 1. The van der Waals surface area contributed by atoms with Crippen molar-refractivity contribution in [2.24, 2.45) is 0 Å². The number of nitrogens with two attached hydrogens (primary N) is 1. The highest BCUT2D eigenvalue weighted by Crippen LogP contribution is 2.33. The Hall–Kier alpha value is -2.69. The van der Waals surface area contributed by atoms with Crippen LogP contribution in [0.5, 0.6) is 5.75 Å². The first-order valence-corrected chi connectivity index (χ1v) is 9.18. The number of aryl methyl sites for hydroxylation is 1. The van der Waals surface area contributed by atoms with E-state index in [9.17, 15) is 4.79 Å². The molecule has 0 bridgehead atoms. The predicted molar refractivity (Wildman–Crippen MR) is 107 cm³/mol. The Morgan fingerprint density at radius 2 is 2.00 bits per heavy atom. The van der Waals surface area contributed by atoms with Crippen LogP contribution in [0.2, 0.25) is 0 Å². The molecule has 1 unspecified atom stereocenters. The van der Waals surface area contributed by atoms with Crippen molar-refractivity contribution in [3.63, 3.8) is 0 Å². The largest absolute Gasteiger partial charge is 0.484 e. The van der Waals surface area contributed by atoms with Crippen LogP contribution in [0.15, 0.2) is 42.5 Å². The van der Waals surface area contributed by atoms with Gasteiger partial charge in [-0.3, -0.25) is 4.79 Å². The molecule has 0 aromatic heterocycles. The van der Waals surface area contributed by atoms with Gasteiger partial charge < -0.3 is 20.7 Å². The molecule has 2 aromatic carbocycles. The molecule has 138 valence electrons. The van der Waals surface area contributed by atoms with Crippen molar-refractivity contribution in [1.29, 1.82) is 0 Å². The minimum Gasteiger partial charge on any atom is -0.484 e. The van der Waals surface area contributed by atoms with E-state index in [0.29, 0.717) is 17.5 Å². The fraction of sp³-hybridized carbons (Fsp3) is 0.381. The summed E-state index contributed by atoms with van der Waals surface area (Å²) in [4.78, 5) is 14.7. The van der Waals surface area contributed by atoms with Crippen molar-refractivity contribution in [1.82, 2.24) is 0 Å². The Morgan fingerprint density at radius 3 is 2.73 bits per heavy atom. The zero-order valence-electron chi connectivity index (χ0n) is 15.5. The minimum absolute atomic E-state index is 0.0349. The van der Waals surface area contributed by atoms with E-state index in [2.05, 4.69) is 17.1 Å². The molecule has 1 fully saturated rings. The van der Waals surface area contributed by atoms with E-state index in [1.165, 1.54) is 12.8 Å². The van der Waals surface area contributed by atoms with Gasteiger partial charge in [0.25, 0.3) is 5.91 Å². The van der Waals surface area contributed by atoms with Crippen molar-refractivity contribution in [3.8, 4) is 5.75 Å². The number of carbonyl (C=O) groups excluding carboxylic acids is 1. The van der Waals surface area contributed by atoms with Gasteiger partial charge in [0.05, 0.1) is 11.4 Å². The van der Waals surface area contributed by atoms with Gasteiger partial charge in [0.1, 0.15) is 5.75 Å². The van der Waals surface area contributed by atoms with Crippen LogP contribution in [0.25, 0.3) is 0 Å². The number of amides is 1. The number of nitrogens with zero attached hydrogens (tertiary/aromatic N) is 1. The second-order valence-electron chi connectivity index (χ2n) is 6.96. The van der Waals surface area contributed by atoms with Crippen LogP contribution in [0.4, 0.5) is 17.1 Å². The van der Waals surface area contributed by atoms with E-state index in [1.54, 1.807) is 0 Å². The Balaban J connectivity index is 1.68. The summed E-state index contributed by atoms with van der Waals surface area (Å²) in [5.41, 5.74) is 9.50. The summed E-state index contributed by atoms with van der Waals surface area (Å²) in [6, 6.07) is 13.8. The van der Waals surface area contributed by atoms with Crippen molar-refractivity contribution < 1.29 is 9.53 Å². The van der Waals surface area contributed by atoms with Crippen molar-refractivity contribution in [2.45, 2.75) is 39.2 Å². The molecular weight excluding hydrogens is 326 g/mol.